The van der Waals surface area contributed by atoms with Crippen molar-refractivity contribution >= 4 is 46.4 Å². The van der Waals surface area contributed by atoms with Crippen molar-refractivity contribution in [2.24, 2.45) is 5.92 Å². The van der Waals surface area contributed by atoms with E-state index in [1.54, 1.807) is 33.3 Å². The highest BCUT2D eigenvalue weighted by Gasteiger charge is 2.35. The largest absolute Gasteiger partial charge is 0.330 e. The second-order valence-electron chi connectivity index (χ2n) is 8.79. The van der Waals surface area contributed by atoms with Crippen LogP contribution in [-0.2, 0) is 11.2 Å². The van der Waals surface area contributed by atoms with Gasteiger partial charge in [0, 0.05) is 33.6 Å². The van der Waals surface area contributed by atoms with Crippen molar-refractivity contribution in [1.29, 1.82) is 0 Å². The molecular weight excluding hydrogens is 494 g/mol. The molecular formula is C26H25Cl2FN2O2S. The van der Waals surface area contributed by atoms with Crippen LogP contribution < -0.4 is 0 Å². The van der Waals surface area contributed by atoms with Crippen molar-refractivity contribution < 1.29 is 14.0 Å². The minimum Gasteiger partial charge on any atom is -0.330 e. The zero-order valence-corrected chi connectivity index (χ0v) is 21.3. The highest BCUT2D eigenvalue weighted by Crippen LogP contribution is 2.41. The summed E-state index contributed by atoms with van der Waals surface area (Å²) in [6, 6.07) is 12.4. The fourth-order valence-corrected chi connectivity index (χ4v) is 5.75. The van der Waals surface area contributed by atoms with Crippen LogP contribution in [0.3, 0.4) is 0 Å². The minimum atomic E-state index is -0.411. The van der Waals surface area contributed by atoms with E-state index in [0.29, 0.717) is 28.7 Å². The summed E-state index contributed by atoms with van der Waals surface area (Å²) in [7, 11) is 0. The number of amides is 2. The standard InChI is InChI=1S/C26H25Cl2FN2O2S/c1-16(2)14-30(26(33)17-3-6-19(29)7-4-17)15-24(32)31-11-9-23-21(10-12-34-23)25(31)20-8-5-18(27)13-22(20)28/h3-8,10,12-13,16,25H,9,11,14-15H2,1-2H3. The third kappa shape index (κ3) is 5.29. The Morgan fingerprint density at radius 3 is 2.53 bits per heavy atom. The van der Waals surface area contributed by atoms with E-state index in [0.717, 1.165) is 17.5 Å². The number of hydrogen-bond acceptors (Lipinski definition) is 3. The van der Waals surface area contributed by atoms with Crippen molar-refractivity contribution in [3.8, 4) is 0 Å². The molecule has 1 aliphatic heterocycles. The van der Waals surface area contributed by atoms with Crippen LogP contribution in [0.25, 0.3) is 0 Å². The molecule has 0 aliphatic carbocycles. The Kier molecular flexibility index (Phi) is 7.60. The summed E-state index contributed by atoms with van der Waals surface area (Å²) >= 11 is 14.4. The normalized spacial score (nSPS) is 15.4. The van der Waals surface area contributed by atoms with E-state index < -0.39 is 5.82 Å². The molecule has 2 aromatic carbocycles. The van der Waals surface area contributed by atoms with Gasteiger partial charge in [-0.2, -0.15) is 0 Å². The van der Waals surface area contributed by atoms with E-state index in [1.165, 1.54) is 29.1 Å². The van der Waals surface area contributed by atoms with Crippen LogP contribution in [0.15, 0.2) is 53.9 Å². The van der Waals surface area contributed by atoms with Gasteiger partial charge in [-0.15, -0.1) is 11.3 Å². The summed E-state index contributed by atoms with van der Waals surface area (Å²) in [5.74, 6) is -0.713. The predicted octanol–water partition coefficient (Wildman–Crippen LogP) is 6.47. The van der Waals surface area contributed by atoms with Crippen LogP contribution in [0.1, 0.15) is 46.3 Å². The molecule has 4 rings (SSSR count). The fourth-order valence-electron chi connectivity index (χ4n) is 4.33. The topological polar surface area (TPSA) is 40.6 Å². The van der Waals surface area contributed by atoms with E-state index in [9.17, 15) is 14.0 Å². The highest BCUT2D eigenvalue weighted by molar-refractivity contribution is 7.10. The Morgan fingerprint density at radius 1 is 1.12 bits per heavy atom. The van der Waals surface area contributed by atoms with Gasteiger partial charge < -0.3 is 9.80 Å². The summed E-state index contributed by atoms with van der Waals surface area (Å²) < 4.78 is 13.4. The number of halogens is 3. The molecule has 0 spiro atoms. The van der Waals surface area contributed by atoms with Crippen molar-refractivity contribution in [3.63, 3.8) is 0 Å². The number of benzene rings is 2. The maximum atomic E-state index is 13.7. The molecule has 0 fully saturated rings. The molecule has 178 valence electrons. The zero-order valence-electron chi connectivity index (χ0n) is 18.9. The van der Waals surface area contributed by atoms with Gasteiger partial charge in [-0.25, -0.2) is 4.39 Å². The third-order valence-electron chi connectivity index (χ3n) is 5.83. The molecule has 1 atom stereocenters. The first kappa shape index (κ1) is 24.7. The van der Waals surface area contributed by atoms with Gasteiger partial charge in [-0.3, -0.25) is 9.59 Å². The Balaban J connectivity index is 1.64. The third-order valence-corrected chi connectivity index (χ3v) is 7.39. The molecule has 2 amide bonds. The number of carbonyl (C=O) groups is 2. The fraction of sp³-hybridized carbons (Fsp3) is 0.308. The maximum absolute atomic E-state index is 13.7. The van der Waals surface area contributed by atoms with Gasteiger partial charge in [0.05, 0.1) is 6.04 Å². The first-order chi connectivity index (χ1) is 16.2. The van der Waals surface area contributed by atoms with Gasteiger partial charge in [-0.1, -0.05) is 43.1 Å². The van der Waals surface area contributed by atoms with E-state index in [-0.39, 0.29) is 30.3 Å². The predicted molar refractivity (Wildman–Crippen MR) is 135 cm³/mol. The van der Waals surface area contributed by atoms with Crippen LogP contribution >= 0.6 is 34.5 Å². The van der Waals surface area contributed by atoms with E-state index in [4.69, 9.17) is 23.2 Å². The molecule has 34 heavy (non-hydrogen) atoms. The van der Waals surface area contributed by atoms with Gasteiger partial charge >= 0.3 is 0 Å². The monoisotopic (exact) mass is 518 g/mol. The van der Waals surface area contributed by atoms with Crippen LogP contribution in [0, 0.1) is 11.7 Å². The minimum absolute atomic E-state index is 0.0738. The lowest BCUT2D eigenvalue weighted by atomic mass is 9.93. The van der Waals surface area contributed by atoms with Crippen LogP contribution in [0.4, 0.5) is 4.39 Å². The van der Waals surface area contributed by atoms with Gasteiger partial charge in [0.25, 0.3) is 5.91 Å². The molecule has 1 unspecified atom stereocenters. The van der Waals surface area contributed by atoms with Gasteiger partial charge in [0.1, 0.15) is 12.4 Å². The number of nitrogens with zero attached hydrogens (tertiary/aromatic N) is 2. The van der Waals surface area contributed by atoms with Crippen LogP contribution in [-0.4, -0.2) is 41.2 Å². The molecule has 1 aliphatic rings. The van der Waals surface area contributed by atoms with Gasteiger partial charge in [0.15, 0.2) is 0 Å². The average Bonchev–Trinajstić information content (AvgIpc) is 3.27. The van der Waals surface area contributed by atoms with E-state index >= 15 is 0 Å². The SMILES string of the molecule is CC(C)CN(CC(=O)N1CCc2sccc2C1c1ccc(Cl)cc1Cl)C(=O)c1ccc(F)cc1. The first-order valence-electron chi connectivity index (χ1n) is 11.1. The Bertz CT molecular complexity index is 1200. The van der Waals surface area contributed by atoms with Crippen molar-refractivity contribution in [3.05, 3.63) is 91.3 Å². The quantitative estimate of drug-likeness (QED) is 0.375. The van der Waals surface area contributed by atoms with E-state index in [2.05, 4.69) is 0 Å². The number of carbonyl (C=O) groups excluding carboxylic acids is 2. The number of rotatable bonds is 6. The Labute approximate surface area is 212 Å². The van der Waals surface area contributed by atoms with Crippen LogP contribution in [0.5, 0.6) is 0 Å². The average molecular weight is 519 g/mol. The summed E-state index contributed by atoms with van der Waals surface area (Å²) in [4.78, 5) is 31.5. The molecule has 3 aromatic rings. The Hall–Kier alpha value is -2.41. The molecule has 0 radical (unpaired) electrons. The maximum Gasteiger partial charge on any atom is 0.254 e. The summed E-state index contributed by atoms with van der Waals surface area (Å²) in [5, 5.41) is 3.05. The molecule has 8 heteroatoms. The van der Waals surface area contributed by atoms with Crippen LogP contribution in [0.2, 0.25) is 10.0 Å². The van der Waals surface area contributed by atoms with E-state index in [1.807, 2.05) is 31.4 Å². The second kappa shape index (κ2) is 10.5. The Morgan fingerprint density at radius 2 is 1.85 bits per heavy atom. The summed E-state index contributed by atoms with van der Waals surface area (Å²) in [5.41, 5.74) is 2.21. The van der Waals surface area contributed by atoms with Crippen molar-refractivity contribution in [1.82, 2.24) is 9.80 Å². The van der Waals surface area contributed by atoms with Crippen molar-refractivity contribution in [2.45, 2.75) is 26.3 Å². The molecule has 0 saturated heterocycles. The lowest BCUT2D eigenvalue weighted by Crippen LogP contribution is -2.47. The smallest absolute Gasteiger partial charge is 0.254 e. The molecule has 0 bridgehead atoms. The van der Waals surface area contributed by atoms with Gasteiger partial charge in [-0.05, 0) is 71.3 Å². The zero-order chi connectivity index (χ0) is 24.4. The number of fused-ring (bicyclic) bond motifs is 1. The number of hydrogen-bond donors (Lipinski definition) is 0. The van der Waals surface area contributed by atoms with Crippen molar-refractivity contribution in [2.75, 3.05) is 19.6 Å². The lowest BCUT2D eigenvalue weighted by molar-refractivity contribution is -0.134. The lowest BCUT2D eigenvalue weighted by Gasteiger charge is -2.38. The summed E-state index contributed by atoms with van der Waals surface area (Å²) in [6.45, 7) is 4.84. The molecule has 0 N–H and O–H groups in total. The second-order valence-corrected chi connectivity index (χ2v) is 10.6. The summed E-state index contributed by atoms with van der Waals surface area (Å²) in [6.07, 6.45) is 0.747. The molecule has 1 aromatic heterocycles. The molecule has 2 heterocycles. The molecule has 0 saturated carbocycles. The highest BCUT2D eigenvalue weighted by atomic mass is 35.5. The first-order valence-corrected chi connectivity index (χ1v) is 12.7. The van der Waals surface area contributed by atoms with Gasteiger partial charge in [0.2, 0.25) is 5.91 Å². The number of thiophene rings is 1. The molecule has 4 nitrogen and oxygen atoms in total.